The number of carbonyl (C=O) groups is 6. The molecule has 1 aliphatic rings. The number of carboxylic acid groups (broad SMARTS) is 3. The number of carbonyl (C=O) groups excluding carboxylic acids is 3. The van der Waals surface area contributed by atoms with Crippen molar-refractivity contribution in [2.45, 2.75) is 76.5 Å². The molecule has 0 radical (unpaired) electrons. The zero-order chi connectivity index (χ0) is 25.1. The lowest BCUT2D eigenvalue weighted by Crippen LogP contribution is -2.57. The molecule has 1 heterocycles. The van der Waals surface area contributed by atoms with Gasteiger partial charge in [0, 0.05) is 6.42 Å². The minimum Gasteiger partial charge on any atom is -0.481 e. The van der Waals surface area contributed by atoms with Crippen LogP contribution in [0.5, 0.6) is 0 Å². The van der Waals surface area contributed by atoms with Crippen LogP contribution in [0.15, 0.2) is 0 Å². The second kappa shape index (κ2) is 13.4. The van der Waals surface area contributed by atoms with Gasteiger partial charge in [0.25, 0.3) is 0 Å². The molecule has 0 aromatic carbocycles. The molecular formula is C20H32N4O9. The average Bonchev–Trinajstić information content (AvgIpc) is 3.23. The highest BCUT2D eigenvalue weighted by Gasteiger charge is 2.32. The van der Waals surface area contributed by atoms with Crippen LogP contribution in [0.3, 0.4) is 0 Å². The van der Waals surface area contributed by atoms with Crippen LogP contribution in [0.1, 0.15) is 52.4 Å². The summed E-state index contributed by atoms with van der Waals surface area (Å²) in [5.41, 5.74) is 0. The Labute approximate surface area is 190 Å². The number of aliphatic carboxylic acids is 3. The van der Waals surface area contributed by atoms with E-state index in [4.69, 9.17) is 10.2 Å². The Bertz CT molecular complexity index is 750. The van der Waals surface area contributed by atoms with Crippen LogP contribution in [-0.2, 0) is 28.8 Å². The van der Waals surface area contributed by atoms with Gasteiger partial charge in [-0.15, -0.1) is 0 Å². The van der Waals surface area contributed by atoms with Crippen molar-refractivity contribution in [3.8, 4) is 0 Å². The van der Waals surface area contributed by atoms with E-state index in [-0.39, 0.29) is 18.8 Å². The third-order valence-electron chi connectivity index (χ3n) is 4.99. The lowest BCUT2D eigenvalue weighted by Gasteiger charge is -2.24. The lowest BCUT2D eigenvalue weighted by molar-refractivity contribution is -0.144. The van der Waals surface area contributed by atoms with Gasteiger partial charge in [0.1, 0.15) is 18.1 Å². The quantitative estimate of drug-likeness (QED) is 0.158. The normalized spacial score (nSPS) is 18.1. The van der Waals surface area contributed by atoms with Gasteiger partial charge in [-0.2, -0.15) is 0 Å². The van der Waals surface area contributed by atoms with Gasteiger partial charge in [-0.25, -0.2) is 4.79 Å². The van der Waals surface area contributed by atoms with E-state index in [0.717, 1.165) is 6.42 Å². The third-order valence-corrected chi connectivity index (χ3v) is 4.99. The first-order valence-corrected chi connectivity index (χ1v) is 10.7. The van der Waals surface area contributed by atoms with Crippen molar-refractivity contribution in [1.82, 2.24) is 21.3 Å². The van der Waals surface area contributed by atoms with Gasteiger partial charge in [0.15, 0.2) is 0 Å². The van der Waals surface area contributed by atoms with Crippen molar-refractivity contribution in [2.75, 3.05) is 6.54 Å². The predicted octanol–water partition coefficient (Wildman–Crippen LogP) is -1.34. The van der Waals surface area contributed by atoms with Gasteiger partial charge in [-0.05, 0) is 38.1 Å². The Balaban J connectivity index is 2.95. The van der Waals surface area contributed by atoms with Gasteiger partial charge < -0.3 is 36.6 Å². The number of hydrogen-bond donors (Lipinski definition) is 7. The van der Waals surface area contributed by atoms with E-state index < -0.39 is 72.6 Å². The Morgan fingerprint density at radius 2 is 1.48 bits per heavy atom. The zero-order valence-corrected chi connectivity index (χ0v) is 18.6. The fraction of sp³-hybridized carbons (Fsp3) is 0.700. The molecule has 1 rings (SSSR count). The minimum absolute atomic E-state index is 0.0838. The monoisotopic (exact) mass is 472 g/mol. The summed E-state index contributed by atoms with van der Waals surface area (Å²) in [6, 6.07) is -4.79. The summed E-state index contributed by atoms with van der Waals surface area (Å²) in [7, 11) is 0. The maximum atomic E-state index is 12.8. The SMILES string of the molecule is CC(C)CC(NC(=O)C(CC(=O)O)NC(=O)C(CCC(=O)O)NC(=O)C1CCCN1)C(=O)O. The molecule has 3 amide bonds. The lowest BCUT2D eigenvalue weighted by atomic mass is 10.0. The minimum atomic E-state index is -1.63. The van der Waals surface area contributed by atoms with E-state index in [0.29, 0.717) is 13.0 Å². The highest BCUT2D eigenvalue weighted by Crippen LogP contribution is 2.09. The van der Waals surface area contributed by atoms with Crippen molar-refractivity contribution < 1.29 is 44.1 Å². The maximum absolute atomic E-state index is 12.8. The topological polar surface area (TPSA) is 211 Å². The fourth-order valence-corrected chi connectivity index (χ4v) is 3.34. The molecule has 13 heteroatoms. The van der Waals surface area contributed by atoms with Crippen LogP contribution < -0.4 is 21.3 Å². The van der Waals surface area contributed by atoms with Crippen LogP contribution in [0.2, 0.25) is 0 Å². The number of rotatable bonds is 14. The van der Waals surface area contributed by atoms with Gasteiger partial charge in [0.2, 0.25) is 17.7 Å². The van der Waals surface area contributed by atoms with Crippen molar-refractivity contribution in [2.24, 2.45) is 5.92 Å². The summed E-state index contributed by atoms with van der Waals surface area (Å²) in [4.78, 5) is 71.3. The molecule has 4 atom stereocenters. The summed E-state index contributed by atoms with van der Waals surface area (Å²) in [6.07, 6.45) is -0.203. The summed E-state index contributed by atoms with van der Waals surface area (Å²) in [5, 5.41) is 37.2. The van der Waals surface area contributed by atoms with Gasteiger partial charge in [0.05, 0.1) is 12.5 Å². The second-order valence-corrected chi connectivity index (χ2v) is 8.33. The molecule has 0 saturated carbocycles. The molecule has 0 aromatic rings. The molecular weight excluding hydrogens is 440 g/mol. The molecule has 13 nitrogen and oxygen atoms in total. The van der Waals surface area contributed by atoms with Crippen molar-refractivity contribution in [1.29, 1.82) is 0 Å². The first kappa shape index (κ1) is 27.8. The smallest absolute Gasteiger partial charge is 0.326 e. The first-order valence-electron chi connectivity index (χ1n) is 10.7. The molecule has 4 unspecified atom stereocenters. The van der Waals surface area contributed by atoms with Crippen molar-refractivity contribution in [3.05, 3.63) is 0 Å². The number of hydrogen-bond acceptors (Lipinski definition) is 7. The molecule has 7 N–H and O–H groups in total. The van der Waals surface area contributed by atoms with Crippen LogP contribution >= 0.6 is 0 Å². The highest BCUT2D eigenvalue weighted by atomic mass is 16.4. The first-order chi connectivity index (χ1) is 15.4. The van der Waals surface area contributed by atoms with Gasteiger partial charge in [-0.1, -0.05) is 13.8 Å². The Morgan fingerprint density at radius 1 is 0.879 bits per heavy atom. The molecule has 1 aliphatic heterocycles. The van der Waals surface area contributed by atoms with E-state index in [1.54, 1.807) is 13.8 Å². The van der Waals surface area contributed by atoms with Gasteiger partial charge >= 0.3 is 17.9 Å². The molecule has 0 spiro atoms. The number of nitrogens with one attached hydrogen (secondary N) is 4. The fourth-order valence-electron chi connectivity index (χ4n) is 3.34. The van der Waals surface area contributed by atoms with Gasteiger partial charge in [-0.3, -0.25) is 24.0 Å². The Hall–Kier alpha value is -3.22. The summed E-state index contributed by atoms with van der Waals surface area (Å²) >= 11 is 0. The largest absolute Gasteiger partial charge is 0.481 e. The van der Waals surface area contributed by atoms with E-state index in [2.05, 4.69) is 21.3 Å². The van der Waals surface area contributed by atoms with Crippen molar-refractivity contribution >= 4 is 35.6 Å². The van der Waals surface area contributed by atoms with E-state index >= 15 is 0 Å². The zero-order valence-electron chi connectivity index (χ0n) is 18.6. The summed E-state index contributed by atoms with van der Waals surface area (Å²) in [5.74, 6) is -6.50. The molecule has 1 saturated heterocycles. The molecule has 0 aliphatic carbocycles. The molecule has 0 bridgehead atoms. The Kier molecular flexibility index (Phi) is 11.3. The van der Waals surface area contributed by atoms with E-state index in [1.807, 2.05) is 0 Å². The highest BCUT2D eigenvalue weighted by molar-refractivity contribution is 5.95. The predicted molar refractivity (Wildman–Crippen MR) is 113 cm³/mol. The van der Waals surface area contributed by atoms with E-state index in [9.17, 15) is 33.9 Å². The third kappa shape index (κ3) is 10.3. The maximum Gasteiger partial charge on any atom is 0.326 e. The van der Waals surface area contributed by atoms with E-state index in [1.165, 1.54) is 0 Å². The van der Waals surface area contributed by atoms with Crippen LogP contribution in [0.4, 0.5) is 0 Å². The molecule has 186 valence electrons. The molecule has 0 aromatic heterocycles. The van der Waals surface area contributed by atoms with Crippen LogP contribution in [0.25, 0.3) is 0 Å². The van der Waals surface area contributed by atoms with Crippen molar-refractivity contribution in [3.63, 3.8) is 0 Å². The van der Waals surface area contributed by atoms with Crippen LogP contribution in [0, 0.1) is 5.92 Å². The Morgan fingerprint density at radius 3 is 1.97 bits per heavy atom. The summed E-state index contributed by atoms with van der Waals surface area (Å²) in [6.45, 7) is 4.10. The second-order valence-electron chi connectivity index (χ2n) is 8.33. The standard InChI is InChI=1S/C20H32N4O9/c1-10(2)8-14(20(32)33)24-19(31)13(9-16(27)28)23-18(30)12(5-6-15(25)26)22-17(29)11-4-3-7-21-11/h10-14,21H,3-9H2,1-2H3,(H,22,29)(H,23,30)(H,24,31)(H,25,26)(H,27,28)(H,32,33). The molecule has 1 fully saturated rings. The number of carboxylic acids is 3. The summed E-state index contributed by atoms with van der Waals surface area (Å²) < 4.78 is 0. The molecule has 33 heavy (non-hydrogen) atoms. The average molecular weight is 472 g/mol. The van der Waals surface area contributed by atoms with Crippen LogP contribution in [-0.4, -0.2) is 81.7 Å². The number of amides is 3.